The highest BCUT2D eigenvalue weighted by Gasteiger charge is 2.31. The molecule has 0 aliphatic carbocycles. The van der Waals surface area contributed by atoms with Crippen molar-refractivity contribution in [2.75, 3.05) is 5.32 Å². The molecule has 1 atom stereocenters. The molecule has 0 aromatic heterocycles. The Balaban J connectivity index is 2.35. The molecule has 0 saturated heterocycles. The minimum absolute atomic E-state index is 0.331. The molecule has 0 bridgehead atoms. The number of fused-ring (bicyclic) bond motifs is 1. The van der Waals surface area contributed by atoms with Crippen molar-refractivity contribution >= 4 is 5.69 Å². The Morgan fingerprint density at radius 3 is 2.75 bits per heavy atom. The number of anilines is 1. The SMILES string of the molecule is CC1CCCc2cc(C(F)(F)F)ccc2N1. The molecular formula is C12H14F3N. The van der Waals surface area contributed by atoms with Gasteiger partial charge in [-0.2, -0.15) is 13.2 Å². The minimum Gasteiger partial charge on any atom is -0.382 e. The lowest BCUT2D eigenvalue weighted by molar-refractivity contribution is -0.137. The number of nitrogens with one attached hydrogen (secondary N) is 1. The molecule has 1 aliphatic heterocycles. The molecule has 1 aliphatic rings. The van der Waals surface area contributed by atoms with Crippen LogP contribution in [0.5, 0.6) is 0 Å². The number of aryl methyl sites for hydroxylation is 1. The minimum atomic E-state index is -4.24. The molecule has 88 valence electrons. The highest BCUT2D eigenvalue weighted by atomic mass is 19.4. The first-order valence-corrected chi connectivity index (χ1v) is 5.43. The Morgan fingerprint density at radius 1 is 1.31 bits per heavy atom. The van der Waals surface area contributed by atoms with Gasteiger partial charge in [0.2, 0.25) is 0 Å². The summed E-state index contributed by atoms with van der Waals surface area (Å²) in [6.07, 6.45) is -1.60. The first kappa shape index (κ1) is 11.3. The van der Waals surface area contributed by atoms with Crippen LogP contribution in [-0.4, -0.2) is 6.04 Å². The van der Waals surface area contributed by atoms with Crippen molar-refractivity contribution in [1.82, 2.24) is 0 Å². The maximum Gasteiger partial charge on any atom is 0.416 e. The van der Waals surface area contributed by atoms with E-state index in [-0.39, 0.29) is 0 Å². The van der Waals surface area contributed by atoms with Crippen LogP contribution < -0.4 is 5.32 Å². The lowest BCUT2D eigenvalue weighted by Crippen LogP contribution is -2.13. The smallest absolute Gasteiger partial charge is 0.382 e. The summed E-state index contributed by atoms with van der Waals surface area (Å²) >= 11 is 0. The second kappa shape index (κ2) is 4.00. The maximum atomic E-state index is 12.5. The summed E-state index contributed by atoms with van der Waals surface area (Å²) in [6.45, 7) is 2.05. The van der Waals surface area contributed by atoms with Gasteiger partial charge in [-0.05, 0) is 49.9 Å². The second-order valence-electron chi connectivity index (χ2n) is 4.31. The Bertz CT molecular complexity index is 384. The molecule has 0 radical (unpaired) electrons. The summed E-state index contributed by atoms with van der Waals surface area (Å²) in [5.74, 6) is 0. The van der Waals surface area contributed by atoms with E-state index in [2.05, 4.69) is 5.32 Å². The molecule has 0 fully saturated rings. The fourth-order valence-electron chi connectivity index (χ4n) is 2.05. The lowest BCUT2D eigenvalue weighted by atomic mass is 10.0. The zero-order valence-electron chi connectivity index (χ0n) is 9.06. The Kier molecular flexibility index (Phi) is 2.82. The molecule has 16 heavy (non-hydrogen) atoms. The monoisotopic (exact) mass is 229 g/mol. The van der Waals surface area contributed by atoms with Crippen LogP contribution >= 0.6 is 0 Å². The molecule has 2 rings (SSSR count). The molecule has 1 nitrogen and oxygen atoms in total. The molecule has 0 spiro atoms. The number of alkyl halides is 3. The van der Waals surface area contributed by atoms with E-state index in [9.17, 15) is 13.2 Å². The van der Waals surface area contributed by atoms with Gasteiger partial charge in [0, 0.05) is 11.7 Å². The average Bonchev–Trinajstić information content (AvgIpc) is 2.35. The van der Waals surface area contributed by atoms with Gasteiger partial charge in [-0.1, -0.05) is 0 Å². The Morgan fingerprint density at radius 2 is 2.06 bits per heavy atom. The van der Waals surface area contributed by atoms with Crippen LogP contribution in [0.3, 0.4) is 0 Å². The highest BCUT2D eigenvalue weighted by molar-refractivity contribution is 5.54. The summed E-state index contributed by atoms with van der Waals surface area (Å²) < 4.78 is 37.5. The molecule has 1 N–H and O–H groups in total. The van der Waals surface area contributed by atoms with Crippen LogP contribution in [0.1, 0.15) is 30.9 Å². The van der Waals surface area contributed by atoms with E-state index in [0.717, 1.165) is 36.6 Å². The van der Waals surface area contributed by atoms with Crippen LogP contribution in [0.4, 0.5) is 18.9 Å². The van der Waals surface area contributed by atoms with Crippen LogP contribution in [0, 0.1) is 0 Å². The number of rotatable bonds is 0. The third-order valence-electron chi connectivity index (χ3n) is 2.92. The van der Waals surface area contributed by atoms with Gasteiger partial charge in [0.15, 0.2) is 0 Å². The number of halogens is 3. The molecule has 1 aromatic carbocycles. The van der Waals surface area contributed by atoms with Crippen molar-refractivity contribution in [3.05, 3.63) is 29.3 Å². The fourth-order valence-corrected chi connectivity index (χ4v) is 2.05. The number of benzene rings is 1. The van der Waals surface area contributed by atoms with Gasteiger partial charge >= 0.3 is 6.18 Å². The normalized spacial score (nSPS) is 20.9. The predicted octanol–water partition coefficient (Wildman–Crippen LogP) is 3.84. The quantitative estimate of drug-likeness (QED) is 0.712. The van der Waals surface area contributed by atoms with Gasteiger partial charge in [0.1, 0.15) is 0 Å². The van der Waals surface area contributed by atoms with E-state index in [1.807, 2.05) is 6.92 Å². The Labute approximate surface area is 92.7 Å². The van der Waals surface area contributed by atoms with Crippen LogP contribution in [0.15, 0.2) is 18.2 Å². The summed E-state index contributed by atoms with van der Waals surface area (Å²) in [7, 11) is 0. The molecule has 0 saturated carbocycles. The molecule has 1 unspecified atom stereocenters. The van der Waals surface area contributed by atoms with E-state index in [0.29, 0.717) is 6.04 Å². The van der Waals surface area contributed by atoms with Gasteiger partial charge in [0.05, 0.1) is 5.56 Å². The van der Waals surface area contributed by atoms with Crippen molar-refractivity contribution in [1.29, 1.82) is 0 Å². The van der Waals surface area contributed by atoms with E-state index >= 15 is 0 Å². The first-order chi connectivity index (χ1) is 7.47. The van der Waals surface area contributed by atoms with Gasteiger partial charge in [0.25, 0.3) is 0 Å². The summed E-state index contributed by atoms with van der Waals surface area (Å²) in [5.41, 5.74) is 1.07. The van der Waals surface area contributed by atoms with Crippen LogP contribution in [-0.2, 0) is 12.6 Å². The predicted molar refractivity (Wildman–Crippen MR) is 57.5 cm³/mol. The van der Waals surface area contributed by atoms with Crippen molar-refractivity contribution in [2.45, 2.75) is 38.4 Å². The van der Waals surface area contributed by atoms with Gasteiger partial charge in [-0.15, -0.1) is 0 Å². The largest absolute Gasteiger partial charge is 0.416 e. The maximum absolute atomic E-state index is 12.5. The molecule has 1 heterocycles. The van der Waals surface area contributed by atoms with Gasteiger partial charge in [-0.3, -0.25) is 0 Å². The molecule has 4 heteroatoms. The van der Waals surface area contributed by atoms with Gasteiger partial charge < -0.3 is 5.32 Å². The summed E-state index contributed by atoms with van der Waals surface area (Å²) in [6, 6.07) is 4.28. The summed E-state index contributed by atoms with van der Waals surface area (Å²) in [4.78, 5) is 0. The Hall–Kier alpha value is -1.19. The standard InChI is InChI=1S/C12H14F3N/c1-8-3-2-4-9-7-10(12(13,14)15)5-6-11(9)16-8/h5-8,16H,2-4H2,1H3. The topological polar surface area (TPSA) is 12.0 Å². The summed E-state index contributed by atoms with van der Waals surface area (Å²) in [5, 5.41) is 3.23. The van der Waals surface area contributed by atoms with Crippen molar-refractivity contribution in [3.63, 3.8) is 0 Å². The molecular weight excluding hydrogens is 215 g/mol. The van der Waals surface area contributed by atoms with Crippen molar-refractivity contribution < 1.29 is 13.2 Å². The second-order valence-corrected chi connectivity index (χ2v) is 4.31. The molecule has 1 aromatic rings. The third-order valence-corrected chi connectivity index (χ3v) is 2.92. The van der Waals surface area contributed by atoms with Crippen LogP contribution in [0.2, 0.25) is 0 Å². The highest BCUT2D eigenvalue weighted by Crippen LogP contribution is 2.33. The van der Waals surface area contributed by atoms with E-state index < -0.39 is 11.7 Å². The molecule has 0 amide bonds. The van der Waals surface area contributed by atoms with Crippen LogP contribution in [0.25, 0.3) is 0 Å². The third kappa shape index (κ3) is 2.31. The fraction of sp³-hybridized carbons (Fsp3) is 0.500. The average molecular weight is 229 g/mol. The zero-order chi connectivity index (χ0) is 11.8. The number of hydrogen-bond donors (Lipinski definition) is 1. The van der Waals surface area contributed by atoms with E-state index in [1.54, 1.807) is 6.07 Å². The zero-order valence-corrected chi connectivity index (χ0v) is 9.06. The first-order valence-electron chi connectivity index (χ1n) is 5.43. The van der Waals surface area contributed by atoms with Crippen molar-refractivity contribution in [2.24, 2.45) is 0 Å². The number of hydrogen-bond acceptors (Lipinski definition) is 1. The van der Waals surface area contributed by atoms with Gasteiger partial charge in [-0.25, -0.2) is 0 Å². The lowest BCUT2D eigenvalue weighted by Gasteiger charge is -2.14. The van der Waals surface area contributed by atoms with E-state index in [1.165, 1.54) is 6.07 Å². The van der Waals surface area contributed by atoms with Crippen molar-refractivity contribution in [3.8, 4) is 0 Å². The van der Waals surface area contributed by atoms with E-state index in [4.69, 9.17) is 0 Å².